The summed E-state index contributed by atoms with van der Waals surface area (Å²) in [5.74, 6) is 0. The normalized spacial score (nSPS) is 30.2. The van der Waals surface area contributed by atoms with Crippen molar-refractivity contribution in [2.24, 2.45) is 0 Å². The summed E-state index contributed by atoms with van der Waals surface area (Å²) in [6.07, 6.45) is 8.17. The highest BCUT2D eigenvalue weighted by molar-refractivity contribution is 5.13. The van der Waals surface area contributed by atoms with Gasteiger partial charge in [-0.25, -0.2) is 0 Å². The van der Waals surface area contributed by atoms with Gasteiger partial charge in [0.15, 0.2) is 0 Å². The lowest BCUT2D eigenvalue weighted by molar-refractivity contribution is -0.116. The molecule has 1 aliphatic rings. The summed E-state index contributed by atoms with van der Waals surface area (Å²) in [5, 5.41) is 10.6. The van der Waals surface area contributed by atoms with E-state index in [0.29, 0.717) is 6.42 Å². The van der Waals surface area contributed by atoms with Gasteiger partial charge in [-0.2, -0.15) is 0 Å². The number of aliphatic hydroxyl groups is 1. The van der Waals surface area contributed by atoms with Crippen LogP contribution in [0.25, 0.3) is 0 Å². The Morgan fingerprint density at radius 3 is 3.12 bits per heavy atom. The largest absolute Gasteiger partial charge is 0.387 e. The maximum atomic E-state index is 10.6. The molecule has 0 bridgehead atoms. The molecule has 1 heterocycles. The number of ether oxygens (including phenoxy) is 1. The van der Waals surface area contributed by atoms with Crippen LogP contribution in [0.2, 0.25) is 0 Å². The number of hydrogen-bond donors (Lipinski definition) is 1. The second-order valence-electron chi connectivity index (χ2n) is 4.61. The van der Waals surface area contributed by atoms with Gasteiger partial charge in [0, 0.05) is 25.9 Å². The third kappa shape index (κ3) is 2.42. The number of nitrogens with zero attached hydrogens (tertiary/aromatic N) is 1. The molecule has 0 amide bonds. The predicted molar refractivity (Wildman–Crippen MR) is 62.2 cm³/mol. The molecule has 1 aromatic heterocycles. The van der Waals surface area contributed by atoms with Crippen molar-refractivity contribution in [3.05, 3.63) is 30.1 Å². The van der Waals surface area contributed by atoms with Crippen molar-refractivity contribution in [2.75, 3.05) is 7.11 Å². The van der Waals surface area contributed by atoms with E-state index in [1.54, 1.807) is 13.3 Å². The number of methoxy groups -OCH3 is 1. The van der Waals surface area contributed by atoms with E-state index in [9.17, 15) is 5.11 Å². The number of hydrogen-bond acceptors (Lipinski definition) is 3. The van der Waals surface area contributed by atoms with Gasteiger partial charge in [-0.1, -0.05) is 18.9 Å². The fraction of sp³-hybridized carbons (Fsp3) is 0.615. The fourth-order valence-corrected chi connectivity index (χ4v) is 2.59. The van der Waals surface area contributed by atoms with Gasteiger partial charge in [0.05, 0.1) is 11.7 Å². The molecule has 0 aromatic carbocycles. The molecule has 2 unspecified atom stereocenters. The van der Waals surface area contributed by atoms with Crippen LogP contribution < -0.4 is 0 Å². The van der Waals surface area contributed by atoms with Gasteiger partial charge in [0.1, 0.15) is 0 Å². The molecule has 1 fully saturated rings. The van der Waals surface area contributed by atoms with Crippen LogP contribution in [0.5, 0.6) is 0 Å². The van der Waals surface area contributed by atoms with Crippen LogP contribution in [-0.2, 0) is 11.2 Å². The van der Waals surface area contributed by atoms with E-state index in [4.69, 9.17) is 4.74 Å². The van der Waals surface area contributed by atoms with Crippen LogP contribution in [0.15, 0.2) is 24.5 Å². The highest BCUT2D eigenvalue weighted by Crippen LogP contribution is 2.33. The van der Waals surface area contributed by atoms with Crippen LogP contribution in [0.4, 0.5) is 0 Å². The van der Waals surface area contributed by atoms with Gasteiger partial charge >= 0.3 is 0 Å². The predicted octanol–water partition coefficient (Wildman–Crippen LogP) is 1.94. The Morgan fingerprint density at radius 1 is 1.56 bits per heavy atom. The van der Waals surface area contributed by atoms with Gasteiger partial charge in [-0.05, 0) is 24.5 Å². The van der Waals surface area contributed by atoms with E-state index in [-0.39, 0.29) is 6.10 Å². The molecule has 3 heteroatoms. The van der Waals surface area contributed by atoms with Crippen LogP contribution in [-0.4, -0.2) is 28.9 Å². The van der Waals surface area contributed by atoms with Crippen molar-refractivity contribution < 1.29 is 9.84 Å². The maximum absolute atomic E-state index is 10.6. The molecule has 2 rings (SSSR count). The molecule has 1 aromatic rings. The molecular weight excluding hydrogens is 202 g/mol. The molecule has 3 nitrogen and oxygen atoms in total. The Morgan fingerprint density at radius 2 is 2.44 bits per heavy atom. The topological polar surface area (TPSA) is 42.4 Å². The maximum Gasteiger partial charge on any atom is 0.0948 e. The van der Waals surface area contributed by atoms with Crippen molar-refractivity contribution >= 4 is 0 Å². The molecule has 0 saturated heterocycles. The number of pyridine rings is 1. The third-order valence-electron chi connectivity index (χ3n) is 3.44. The van der Waals surface area contributed by atoms with E-state index in [1.165, 1.54) is 0 Å². The van der Waals surface area contributed by atoms with Crippen molar-refractivity contribution in [3.63, 3.8) is 0 Å². The fourth-order valence-electron chi connectivity index (χ4n) is 2.59. The van der Waals surface area contributed by atoms with Crippen LogP contribution in [0.1, 0.15) is 31.2 Å². The van der Waals surface area contributed by atoms with Crippen molar-refractivity contribution in [2.45, 2.75) is 43.8 Å². The summed E-state index contributed by atoms with van der Waals surface area (Å²) in [6.45, 7) is 0. The molecule has 0 spiro atoms. The average molecular weight is 221 g/mol. The Balaban J connectivity index is 2.11. The minimum Gasteiger partial charge on any atom is -0.387 e. The summed E-state index contributed by atoms with van der Waals surface area (Å²) in [7, 11) is 1.68. The molecule has 1 N–H and O–H groups in total. The molecule has 2 atom stereocenters. The summed E-state index contributed by atoms with van der Waals surface area (Å²) < 4.78 is 5.41. The number of aromatic nitrogens is 1. The second-order valence-corrected chi connectivity index (χ2v) is 4.61. The number of rotatable bonds is 3. The lowest BCUT2D eigenvalue weighted by atomic mass is 9.78. The van der Waals surface area contributed by atoms with E-state index in [1.807, 2.05) is 18.3 Å². The molecular formula is C13H19NO2. The van der Waals surface area contributed by atoms with Gasteiger partial charge in [-0.3, -0.25) is 4.98 Å². The summed E-state index contributed by atoms with van der Waals surface area (Å²) >= 11 is 0. The molecule has 1 saturated carbocycles. The van der Waals surface area contributed by atoms with Crippen LogP contribution >= 0.6 is 0 Å². The lowest BCUT2D eigenvalue weighted by Crippen LogP contribution is -2.47. The molecule has 1 aliphatic carbocycles. The van der Waals surface area contributed by atoms with E-state index in [2.05, 4.69) is 4.98 Å². The zero-order valence-corrected chi connectivity index (χ0v) is 9.72. The second kappa shape index (κ2) is 4.93. The first-order valence-electron chi connectivity index (χ1n) is 5.89. The SMILES string of the molecule is COC1CCCCC1(O)Cc1cccnc1. The minimum atomic E-state index is -0.712. The Labute approximate surface area is 96.5 Å². The van der Waals surface area contributed by atoms with Crippen LogP contribution in [0, 0.1) is 0 Å². The first kappa shape index (κ1) is 11.6. The quantitative estimate of drug-likeness (QED) is 0.848. The summed E-state index contributed by atoms with van der Waals surface area (Å²) in [4.78, 5) is 4.08. The van der Waals surface area contributed by atoms with Crippen molar-refractivity contribution in [3.8, 4) is 0 Å². The standard InChI is InChI=1S/C13H19NO2/c1-16-12-6-2-3-7-13(12,15)9-11-5-4-8-14-10-11/h4-5,8,10,12,15H,2-3,6-7,9H2,1H3. The highest BCUT2D eigenvalue weighted by atomic mass is 16.5. The molecule has 88 valence electrons. The summed E-state index contributed by atoms with van der Waals surface area (Å²) in [5.41, 5.74) is 0.365. The average Bonchev–Trinajstić information content (AvgIpc) is 2.30. The van der Waals surface area contributed by atoms with Gasteiger partial charge in [-0.15, -0.1) is 0 Å². The summed E-state index contributed by atoms with van der Waals surface area (Å²) in [6, 6.07) is 3.91. The zero-order chi connectivity index (χ0) is 11.4. The van der Waals surface area contributed by atoms with E-state index in [0.717, 1.165) is 31.2 Å². The van der Waals surface area contributed by atoms with Gasteiger partial charge in [0.25, 0.3) is 0 Å². The van der Waals surface area contributed by atoms with Crippen LogP contribution in [0.3, 0.4) is 0 Å². The first-order valence-corrected chi connectivity index (χ1v) is 5.89. The monoisotopic (exact) mass is 221 g/mol. The third-order valence-corrected chi connectivity index (χ3v) is 3.44. The first-order chi connectivity index (χ1) is 7.74. The molecule has 16 heavy (non-hydrogen) atoms. The van der Waals surface area contributed by atoms with Gasteiger partial charge < -0.3 is 9.84 Å². The van der Waals surface area contributed by atoms with Crippen molar-refractivity contribution in [1.82, 2.24) is 4.98 Å². The van der Waals surface area contributed by atoms with Gasteiger partial charge in [0.2, 0.25) is 0 Å². The Hall–Kier alpha value is -0.930. The zero-order valence-electron chi connectivity index (χ0n) is 9.72. The Kier molecular flexibility index (Phi) is 3.56. The van der Waals surface area contributed by atoms with E-state index < -0.39 is 5.60 Å². The Bertz CT molecular complexity index is 328. The smallest absolute Gasteiger partial charge is 0.0948 e. The van der Waals surface area contributed by atoms with Crippen molar-refractivity contribution in [1.29, 1.82) is 0 Å². The highest BCUT2D eigenvalue weighted by Gasteiger charge is 2.39. The molecule has 0 aliphatic heterocycles. The lowest BCUT2D eigenvalue weighted by Gasteiger charge is -2.39. The van der Waals surface area contributed by atoms with E-state index >= 15 is 0 Å². The molecule has 0 radical (unpaired) electrons. The minimum absolute atomic E-state index is 0.0403.